The number of thiazole rings is 1. The predicted molar refractivity (Wildman–Crippen MR) is 137 cm³/mol. The van der Waals surface area contributed by atoms with Crippen LogP contribution < -0.4 is 10.2 Å². The number of fused-ring (bicyclic) bond motifs is 2. The van der Waals surface area contributed by atoms with Crippen molar-refractivity contribution in [3.05, 3.63) is 48.0 Å². The number of hydrogen-bond acceptors (Lipinski definition) is 6. The minimum Gasteiger partial charge on any atom is -0.391 e. The number of para-hydroxylation sites is 3. The van der Waals surface area contributed by atoms with Gasteiger partial charge in [-0.25, -0.2) is 9.97 Å². The second kappa shape index (κ2) is 9.00. The summed E-state index contributed by atoms with van der Waals surface area (Å²) in [6.45, 7) is 1.30. The molecule has 3 heterocycles. The maximum Gasteiger partial charge on any atom is 0.229 e. The van der Waals surface area contributed by atoms with Gasteiger partial charge in [0.2, 0.25) is 11.9 Å². The van der Waals surface area contributed by atoms with Crippen molar-refractivity contribution in [1.82, 2.24) is 14.5 Å². The van der Waals surface area contributed by atoms with E-state index in [9.17, 15) is 9.90 Å². The Kier molecular flexibility index (Phi) is 5.71. The molecule has 2 N–H and O–H groups in total. The molecule has 2 unspecified atom stereocenters. The van der Waals surface area contributed by atoms with Crippen LogP contribution in [0.25, 0.3) is 21.3 Å². The van der Waals surface area contributed by atoms with Gasteiger partial charge in [-0.1, -0.05) is 48.4 Å². The standard InChI is InChI=1S/C26H29N5O2S/c32-21-12-4-2-10-19(21)27-25-29-24-17(8-7-13-22(24)34-25)16-31-20-11-3-1-9-18(20)28-26(31)30-15-6-5-14-23(30)33/h1,3,7-9,11,13,19,21,32H,2,4-6,10,12,14-16H2,(H,27,29). The number of aliphatic hydroxyl groups is 1. The van der Waals surface area contributed by atoms with Crippen molar-refractivity contribution in [2.45, 2.75) is 63.6 Å². The number of carbonyl (C=O) groups excluding carboxylic acids is 1. The van der Waals surface area contributed by atoms with Gasteiger partial charge in [0.25, 0.3) is 0 Å². The number of anilines is 2. The van der Waals surface area contributed by atoms with E-state index < -0.39 is 0 Å². The second-order valence-electron chi connectivity index (χ2n) is 9.37. The third-order valence-corrected chi connectivity index (χ3v) is 8.02. The Morgan fingerprint density at radius 1 is 1.03 bits per heavy atom. The van der Waals surface area contributed by atoms with E-state index in [-0.39, 0.29) is 18.1 Å². The van der Waals surface area contributed by atoms with Gasteiger partial charge in [0, 0.05) is 13.0 Å². The summed E-state index contributed by atoms with van der Waals surface area (Å²) in [5.74, 6) is 0.869. The van der Waals surface area contributed by atoms with Crippen LogP contribution >= 0.6 is 11.3 Å². The number of nitrogens with one attached hydrogen (secondary N) is 1. The molecule has 1 aliphatic carbocycles. The maximum absolute atomic E-state index is 12.7. The molecule has 7 nitrogen and oxygen atoms in total. The van der Waals surface area contributed by atoms with Crippen LogP contribution in [-0.2, 0) is 11.3 Å². The fourth-order valence-corrected chi connectivity index (χ4v) is 6.22. The van der Waals surface area contributed by atoms with E-state index in [1.54, 1.807) is 11.3 Å². The molecule has 2 fully saturated rings. The summed E-state index contributed by atoms with van der Waals surface area (Å²) in [6, 6.07) is 14.4. The zero-order chi connectivity index (χ0) is 23.1. The molecule has 4 aromatic rings. The lowest BCUT2D eigenvalue weighted by Crippen LogP contribution is -2.37. The first kappa shape index (κ1) is 21.6. The van der Waals surface area contributed by atoms with E-state index in [1.807, 2.05) is 23.1 Å². The summed E-state index contributed by atoms with van der Waals surface area (Å²) in [7, 11) is 0. The second-order valence-corrected chi connectivity index (χ2v) is 10.4. The number of rotatable bonds is 5. The molecule has 176 valence electrons. The molecule has 2 aliphatic rings. The number of benzene rings is 2. The zero-order valence-corrected chi connectivity index (χ0v) is 19.9. The molecule has 0 bridgehead atoms. The first-order valence-corrected chi connectivity index (χ1v) is 13.1. The first-order chi connectivity index (χ1) is 16.7. The molecule has 1 saturated heterocycles. The van der Waals surface area contributed by atoms with Crippen molar-refractivity contribution in [3.8, 4) is 0 Å². The Bertz CT molecular complexity index is 1350. The van der Waals surface area contributed by atoms with Gasteiger partial charge in [0.05, 0.1) is 39.9 Å². The number of amides is 1. The molecule has 2 aromatic carbocycles. The lowest BCUT2D eigenvalue weighted by atomic mass is 9.93. The largest absolute Gasteiger partial charge is 0.391 e. The average molecular weight is 476 g/mol. The van der Waals surface area contributed by atoms with E-state index in [0.29, 0.717) is 19.5 Å². The third kappa shape index (κ3) is 3.95. The molecular weight excluding hydrogens is 446 g/mol. The van der Waals surface area contributed by atoms with Crippen LogP contribution in [0.1, 0.15) is 50.5 Å². The number of aliphatic hydroxyl groups excluding tert-OH is 1. The summed E-state index contributed by atoms with van der Waals surface area (Å²) >= 11 is 1.63. The molecule has 0 radical (unpaired) electrons. The van der Waals surface area contributed by atoms with Crippen molar-refractivity contribution < 1.29 is 9.90 Å². The SMILES string of the molecule is O=C1CCCCN1c1nc2ccccc2n1Cc1cccc2sc(NC3CCCCC3O)nc12. The third-order valence-electron chi connectivity index (χ3n) is 7.07. The summed E-state index contributed by atoms with van der Waals surface area (Å²) in [5, 5.41) is 14.7. The van der Waals surface area contributed by atoms with Gasteiger partial charge in [-0.15, -0.1) is 0 Å². The molecule has 34 heavy (non-hydrogen) atoms. The lowest BCUT2D eigenvalue weighted by molar-refractivity contribution is -0.119. The van der Waals surface area contributed by atoms with Crippen molar-refractivity contribution in [2.75, 3.05) is 16.8 Å². The van der Waals surface area contributed by atoms with Crippen molar-refractivity contribution in [1.29, 1.82) is 0 Å². The summed E-state index contributed by atoms with van der Waals surface area (Å²) in [4.78, 5) is 24.4. The van der Waals surface area contributed by atoms with Gasteiger partial charge in [-0.3, -0.25) is 9.69 Å². The first-order valence-electron chi connectivity index (χ1n) is 12.3. The molecule has 1 amide bonds. The van der Waals surface area contributed by atoms with Crippen LogP contribution in [0.15, 0.2) is 42.5 Å². The fourth-order valence-electron chi connectivity index (χ4n) is 5.25. The normalized spacial score (nSPS) is 21.4. The number of aromatic nitrogens is 3. The van der Waals surface area contributed by atoms with Crippen LogP contribution in [0.2, 0.25) is 0 Å². The maximum atomic E-state index is 12.7. The molecule has 2 atom stereocenters. The fraction of sp³-hybridized carbons (Fsp3) is 0.423. The van der Waals surface area contributed by atoms with E-state index >= 15 is 0 Å². The Hall–Kier alpha value is -2.97. The van der Waals surface area contributed by atoms with Gasteiger partial charge < -0.3 is 15.0 Å². The quantitative estimate of drug-likeness (QED) is 0.428. The monoisotopic (exact) mass is 475 g/mol. The van der Waals surface area contributed by atoms with Crippen LogP contribution in [0.3, 0.4) is 0 Å². The Morgan fingerprint density at radius 3 is 2.79 bits per heavy atom. The van der Waals surface area contributed by atoms with Crippen molar-refractivity contribution in [3.63, 3.8) is 0 Å². The van der Waals surface area contributed by atoms with E-state index in [4.69, 9.17) is 9.97 Å². The lowest BCUT2D eigenvalue weighted by Gasteiger charge is -2.28. The molecule has 8 heteroatoms. The molecule has 1 saturated carbocycles. The summed E-state index contributed by atoms with van der Waals surface area (Å²) < 4.78 is 3.27. The smallest absolute Gasteiger partial charge is 0.229 e. The minimum absolute atomic E-state index is 0.0621. The Balaban J connectivity index is 1.37. The van der Waals surface area contributed by atoms with Gasteiger partial charge in [0.15, 0.2) is 5.13 Å². The highest BCUT2D eigenvalue weighted by Crippen LogP contribution is 2.33. The highest BCUT2D eigenvalue weighted by Gasteiger charge is 2.26. The zero-order valence-electron chi connectivity index (χ0n) is 19.1. The molecule has 0 spiro atoms. The Labute approximate surface area is 202 Å². The molecule has 1 aliphatic heterocycles. The highest BCUT2D eigenvalue weighted by molar-refractivity contribution is 7.22. The number of hydrogen-bond donors (Lipinski definition) is 2. The number of imidazole rings is 1. The average Bonchev–Trinajstić information content (AvgIpc) is 3.43. The van der Waals surface area contributed by atoms with E-state index in [2.05, 4.69) is 34.1 Å². The van der Waals surface area contributed by atoms with Crippen LogP contribution in [0, 0.1) is 0 Å². The minimum atomic E-state index is -0.317. The van der Waals surface area contributed by atoms with Crippen molar-refractivity contribution >= 4 is 49.6 Å². The van der Waals surface area contributed by atoms with E-state index in [1.165, 1.54) is 0 Å². The topological polar surface area (TPSA) is 83.3 Å². The summed E-state index contributed by atoms with van der Waals surface area (Å²) in [6.07, 6.45) is 6.24. The van der Waals surface area contributed by atoms with Gasteiger partial charge >= 0.3 is 0 Å². The highest BCUT2D eigenvalue weighted by atomic mass is 32.1. The molecule has 6 rings (SSSR count). The molecule has 2 aromatic heterocycles. The van der Waals surface area contributed by atoms with Gasteiger partial charge in [-0.05, 0) is 49.4 Å². The number of piperidine rings is 1. The van der Waals surface area contributed by atoms with Crippen LogP contribution in [0.4, 0.5) is 11.1 Å². The van der Waals surface area contributed by atoms with Crippen molar-refractivity contribution in [2.24, 2.45) is 0 Å². The Morgan fingerprint density at radius 2 is 1.91 bits per heavy atom. The predicted octanol–water partition coefficient (Wildman–Crippen LogP) is 4.93. The number of carbonyl (C=O) groups is 1. The van der Waals surface area contributed by atoms with Crippen LogP contribution in [-0.4, -0.2) is 44.2 Å². The summed E-state index contributed by atoms with van der Waals surface area (Å²) in [5.41, 5.74) is 3.98. The van der Waals surface area contributed by atoms with Gasteiger partial charge in [-0.2, -0.15) is 0 Å². The number of nitrogens with zero attached hydrogens (tertiary/aromatic N) is 4. The van der Waals surface area contributed by atoms with Gasteiger partial charge in [0.1, 0.15) is 0 Å². The van der Waals surface area contributed by atoms with E-state index in [0.717, 1.165) is 76.4 Å². The van der Waals surface area contributed by atoms with Crippen LogP contribution in [0.5, 0.6) is 0 Å². The molecular formula is C26H29N5O2S.